The van der Waals surface area contributed by atoms with Crippen LogP contribution >= 0.6 is 0 Å². The summed E-state index contributed by atoms with van der Waals surface area (Å²) in [4.78, 5) is 6.47. The lowest BCUT2D eigenvalue weighted by atomic mass is 10.3. The fourth-order valence-electron chi connectivity index (χ4n) is 1.93. The smallest absolute Gasteiger partial charge is 0.151 e. The summed E-state index contributed by atoms with van der Waals surface area (Å²) < 4.78 is 7.38. The highest BCUT2D eigenvalue weighted by molar-refractivity contribution is 5.05. The topological polar surface area (TPSA) is 59.1 Å². The van der Waals surface area contributed by atoms with E-state index in [1.54, 1.807) is 0 Å². The molecule has 20 heavy (non-hydrogen) atoms. The van der Waals surface area contributed by atoms with Crippen LogP contribution in [-0.4, -0.2) is 32.7 Å². The summed E-state index contributed by atoms with van der Waals surface area (Å²) in [6.07, 6.45) is 3.76. The van der Waals surface area contributed by atoms with Gasteiger partial charge in [0.05, 0.1) is 18.8 Å². The van der Waals surface area contributed by atoms with Gasteiger partial charge in [-0.1, -0.05) is 19.0 Å². The van der Waals surface area contributed by atoms with Gasteiger partial charge in [0.2, 0.25) is 0 Å². The average molecular weight is 277 g/mol. The summed E-state index contributed by atoms with van der Waals surface area (Å²) in [6.45, 7) is 6.47. The summed E-state index contributed by atoms with van der Waals surface area (Å²) in [6, 6.07) is 2.45. The van der Waals surface area contributed by atoms with Crippen molar-refractivity contribution in [2.24, 2.45) is 7.05 Å². The Labute approximate surface area is 119 Å². The quantitative estimate of drug-likeness (QED) is 0.832. The van der Waals surface area contributed by atoms with E-state index in [0.717, 1.165) is 36.9 Å². The first-order valence-electron chi connectivity index (χ1n) is 6.87. The van der Waals surface area contributed by atoms with Crippen LogP contribution in [0.3, 0.4) is 0 Å². The predicted octanol–water partition coefficient (Wildman–Crippen LogP) is 1.54. The number of hydrogen-bond donors (Lipinski definition) is 1. The third-order valence-electron chi connectivity index (χ3n) is 3.06. The van der Waals surface area contributed by atoms with Crippen LogP contribution in [0.2, 0.25) is 0 Å². The molecule has 0 fully saturated rings. The van der Waals surface area contributed by atoms with Gasteiger partial charge in [-0.15, -0.1) is 0 Å². The fraction of sp³-hybridized carbons (Fsp3) is 0.571. The normalized spacial score (nSPS) is 11.7. The molecular formula is C14H23N5O. The van der Waals surface area contributed by atoms with Crippen molar-refractivity contribution in [2.45, 2.75) is 39.5 Å². The molecule has 2 rings (SSSR count). The molecule has 0 aromatic carbocycles. The second kappa shape index (κ2) is 6.67. The van der Waals surface area contributed by atoms with Gasteiger partial charge >= 0.3 is 0 Å². The Hall–Kier alpha value is -1.66. The van der Waals surface area contributed by atoms with Crippen LogP contribution in [0.25, 0.3) is 0 Å². The van der Waals surface area contributed by atoms with E-state index in [2.05, 4.69) is 34.2 Å². The number of hydrogen-bond acceptors (Lipinski definition) is 5. The summed E-state index contributed by atoms with van der Waals surface area (Å²) >= 11 is 0. The van der Waals surface area contributed by atoms with Gasteiger partial charge in [-0.3, -0.25) is 4.90 Å². The minimum absolute atomic E-state index is 0.446. The molecule has 2 aromatic heterocycles. The summed E-state index contributed by atoms with van der Waals surface area (Å²) in [5, 5.41) is 7.39. The molecule has 0 saturated heterocycles. The molecule has 0 aliphatic heterocycles. The van der Waals surface area contributed by atoms with E-state index in [1.807, 2.05) is 37.1 Å². The molecule has 0 atom stereocenters. The molecule has 0 saturated carbocycles. The second-order valence-electron chi connectivity index (χ2n) is 5.45. The Balaban J connectivity index is 1.85. The third-order valence-corrected chi connectivity index (χ3v) is 3.06. The van der Waals surface area contributed by atoms with Crippen molar-refractivity contribution in [3.63, 3.8) is 0 Å². The zero-order chi connectivity index (χ0) is 14.5. The van der Waals surface area contributed by atoms with Crippen molar-refractivity contribution in [2.75, 3.05) is 7.05 Å². The Morgan fingerprint density at radius 2 is 2.20 bits per heavy atom. The van der Waals surface area contributed by atoms with E-state index >= 15 is 0 Å². The Bertz CT molecular complexity index is 531. The maximum absolute atomic E-state index is 5.36. The van der Waals surface area contributed by atoms with Crippen LogP contribution in [0.1, 0.15) is 31.1 Å². The van der Waals surface area contributed by atoms with Gasteiger partial charge in [0.15, 0.2) is 5.76 Å². The molecule has 0 spiro atoms. The minimum Gasteiger partial charge on any atom is -0.360 e. The molecule has 0 unspecified atom stereocenters. The van der Waals surface area contributed by atoms with E-state index in [9.17, 15) is 0 Å². The van der Waals surface area contributed by atoms with Crippen molar-refractivity contribution in [1.82, 2.24) is 24.9 Å². The van der Waals surface area contributed by atoms with E-state index in [0.29, 0.717) is 6.04 Å². The maximum Gasteiger partial charge on any atom is 0.151 e. The highest BCUT2D eigenvalue weighted by atomic mass is 16.5. The monoisotopic (exact) mass is 277 g/mol. The summed E-state index contributed by atoms with van der Waals surface area (Å²) in [5.41, 5.74) is 0.944. The molecular weight excluding hydrogens is 254 g/mol. The molecule has 2 aromatic rings. The molecule has 6 nitrogen and oxygen atoms in total. The maximum atomic E-state index is 5.36. The third kappa shape index (κ3) is 4.18. The minimum atomic E-state index is 0.446. The van der Waals surface area contributed by atoms with Crippen molar-refractivity contribution >= 4 is 0 Å². The predicted molar refractivity (Wildman–Crippen MR) is 76.9 cm³/mol. The van der Waals surface area contributed by atoms with E-state index in [1.165, 1.54) is 0 Å². The van der Waals surface area contributed by atoms with E-state index in [-0.39, 0.29) is 0 Å². The van der Waals surface area contributed by atoms with Crippen molar-refractivity contribution in [3.8, 4) is 0 Å². The van der Waals surface area contributed by atoms with Crippen molar-refractivity contribution in [1.29, 1.82) is 0 Å². The number of rotatable bonds is 7. The van der Waals surface area contributed by atoms with Crippen molar-refractivity contribution in [3.05, 3.63) is 35.7 Å². The molecule has 0 bridgehead atoms. The lowest BCUT2D eigenvalue weighted by Gasteiger charge is -2.14. The standard InChI is InChI=1S/C14H23N5O/c1-11(2)16-8-12-7-13(20-17-12)9-18(3)10-14-15-5-6-19(14)4/h5-7,11,16H,8-10H2,1-4H3. The average Bonchev–Trinajstić information content (AvgIpc) is 2.97. The zero-order valence-corrected chi connectivity index (χ0v) is 12.6. The van der Waals surface area contributed by atoms with Crippen LogP contribution < -0.4 is 5.32 Å². The molecule has 110 valence electrons. The molecule has 2 heterocycles. The van der Waals surface area contributed by atoms with Crippen LogP contribution in [0.4, 0.5) is 0 Å². The molecule has 0 aliphatic rings. The van der Waals surface area contributed by atoms with Crippen LogP contribution in [0.5, 0.6) is 0 Å². The highest BCUT2D eigenvalue weighted by Crippen LogP contribution is 2.08. The number of aromatic nitrogens is 3. The Morgan fingerprint density at radius 1 is 1.40 bits per heavy atom. The lowest BCUT2D eigenvalue weighted by molar-refractivity contribution is 0.258. The zero-order valence-electron chi connectivity index (χ0n) is 12.6. The first-order valence-corrected chi connectivity index (χ1v) is 6.87. The fourth-order valence-corrected chi connectivity index (χ4v) is 1.93. The second-order valence-corrected chi connectivity index (χ2v) is 5.45. The number of nitrogens with one attached hydrogen (secondary N) is 1. The van der Waals surface area contributed by atoms with Gasteiger partial charge in [0.1, 0.15) is 5.82 Å². The van der Waals surface area contributed by atoms with Gasteiger partial charge in [-0.2, -0.15) is 0 Å². The molecule has 0 aliphatic carbocycles. The lowest BCUT2D eigenvalue weighted by Crippen LogP contribution is -2.22. The summed E-state index contributed by atoms with van der Waals surface area (Å²) in [5.74, 6) is 1.91. The van der Waals surface area contributed by atoms with Gasteiger partial charge in [0.25, 0.3) is 0 Å². The molecule has 6 heteroatoms. The molecule has 0 amide bonds. The van der Waals surface area contributed by atoms with E-state index < -0.39 is 0 Å². The Morgan fingerprint density at radius 3 is 2.85 bits per heavy atom. The van der Waals surface area contributed by atoms with Gasteiger partial charge < -0.3 is 14.4 Å². The summed E-state index contributed by atoms with van der Waals surface area (Å²) in [7, 11) is 4.05. The van der Waals surface area contributed by atoms with E-state index in [4.69, 9.17) is 4.52 Å². The first-order chi connectivity index (χ1) is 9.54. The number of nitrogens with zero attached hydrogens (tertiary/aromatic N) is 4. The SMILES string of the molecule is CC(C)NCc1cc(CN(C)Cc2nccn2C)on1. The van der Waals surface area contributed by atoms with Crippen molar-refractivity contribution < 1.29 is 4.52 Å². The van der Waals surface area contributed by atoms with Crippen LogP contribution in [-0.2, 0) is 26.7 Å². The molecule has 1 N–H and O–H groups in total. The largest absolute Gasteiger partial charge is 0.360 e. The highest BCUT2D eigenvalue weighted by Gasteiger charge is 2.10. The van der Waals surface area contributed by atoms with Gasteiger partial charge in [-0.25, -0.2) is 4.98 Å². The number of aryl methyl sites for hydroxylation is 1. The first kappa shape index (κ1) is 14.7. The van der Waals surface area contributed by atoms with Crippen LogP contribution in [0, 0.1) is 0 Å². The van der Waals surface area contributed by atoms with Gasteiger partial charge in [0, 0.05) is 38.1 Å². The number of imidazole rings is 1. The Kier molecular flexibility index (Phi) is 4.92. The van der Waals surface area contributed by atoms with Gasteiger partial charge in [-0.05, 0) is 7.05 Å². The molecule has 0 radical (unpaired) electrons. The van der Waals surface area contributed by atoms with Crippen LogP contribution in [0.15, 0.2) is 23.0 Å².